The number of allylic oxidation sites excluding steroid dienone is 2. The predicted molar refractivity (Wildman–Crippen MR) is 122 cm³/mol. The lowest BCUT2D eigenvalue weighted by molar-refractivity contribution is -0.136. The molecule has 0 aliphatic heterocycles. The van der Waals surface area contributed by atoms with Gasteiger partial charge in [0.1, 0.15) is 0 Å². The molecule has 1 aromatic rings. The van der Waals surface area contributed by atoms with Gasteiger partial charge in [-0.15, -0.1) is 0 Å². The second-order valence-corrected chi connectivity index (χ2v) is 11.3. The zero-order valence-electron chi connectivity index (χ0n) is 19.2. The predicted octanol–water partition coefficient (Wildman–Crippen LogP) is 5.96. The third-order valence-electron chi connectivity index (χ3n) is 10.2. The Kier molecular flexibility index (Phi) is 4.87. The first-order chi connectivity index (χ1) is 14.3. The van der Waals surface area contributed by atoms with Crippen molar-refractivity contribution in [2.75, 3.05) is 7.05 Å². The van der Waals surface area contributed by atoms with Crippen LogP contribution in [0.3, 0.4) is 0 Å². The van der Waals surface area contributed by atoms with Crippen molar-refractivity contribution in [1.82, 2.24) is 9.88 Å². The number of aromatic nitrogens is 1. The van der Waals surface area contributed by atoms with Gasteiger partial charge in [-0.05, 0) is 103 Å². The summed E-state index contributed by atoms with van der Waals surface area (Å²) in [4.78, 5) is 18.4. The molecule has 5 unspecified atom stereocenters. The summed E-state index contributed by atoms with van der Waals surface area (Å²) >= 11 is 0. The van der Waals surface area contributed by atoms with Gasteiger partial charge in [-0.25, -0.2) is 0 Å². The van der Waals surface area contributed by atoms with Crippen LogP contribution in [0.4, 0.5) is 0 Å². The van der Waals surface area contributed by atoms with Crippen molar-refractivity contribution < 1.29 is 4.79 Å². The number of rotatable bonds is 2. The van der Waals surface area contributed by atoms with Crippen molar-refractivity contribution in [3.05, 3.63) is 36.2 Å². The highest BCUT2D eigenvalue weighted by molar-refractivity contribution is 5.73. The van der Waals surface area contributed by atoms with E-state index in [2.05, 4.69) is 43.2 Å². The molecule has 3 saturated carbocycles. The number of fused-ring (bicyclic) bond motifs is 5. The Hall–Kier alpha value is -1.64. The van der Waals surface area contributed by atoms with Crippen LogP contribution in [0.15, 0.2) is 30.6 Å². The zero-order valence-corrected chi connectivity index (χ0v) is 19.2. The molecule has 1 amide bonds. The molecular formula is C27H38N2O. The van der Waals surface area contributed by atoms with Gasteiger partial charge >= 0.3 is 0 Å². The molecule has 3 fully saturated rings. The van der Waals surface area contributed by atoms with E-state index in [0.29, 0.717) is 16.9 Å². The Labute approximate surface area is 182 Å². The van der Waals surface area contributed by atoms with E-state index in [0.717, 1.165) is 23.7 Å². The second-order valence-electron chi connectivity index (χ2n) is 11.3. The minimum atomic E-state index is 0.227. The minimum absolute atomic E-state index is 0.227. The highest BCUT2D eigenvalue weighted by Gasteiger charge is 2.58. The summed E-state index contributed by atoms with van der Waals surface area (Å²) in [6.45, 7) is 6.89. The van der Waals surface area contributed by atoms with E-state index < -0.39 is 0 Å². The molecule has 0 bridgehead atoms. The Morgan fingerprint density at radius 3 is 2.70 bits per heavy atom. The van der Waals surface area contributed by atoms with Crippen molar-refractivity contribution in [3.63, 3.8) is 0 Å². The normalized spacial score (nSPS) is 42.5. The molecule has 3 heteroatoms. The number of carbonyl (C=O) groups excluding carboxylic acids is 1. The van der Waals surface area contributed by atoms with Gasteiger partial charge in [0.2, 0.25) is 5.91 Å². The molecule has 4 aliphatic carbocycles. The van der Waals surface area contributed by atoms with Crippen LogP contribution >= 0.6 is 0 Å². The Morgan fingerprint density at radius 2 is 1.97 bits per heavy atom. The number of hydrogen-bond acceptors (Lipinski definition) is 2. The van der Waals surface area contributed by atoms with Gasteiger partial charge in [0.05, 0.1) is 0 Å². The van der Waals surface area contributed by atoms with E-state index in [1.165, 1.54) is 56.9 Å². The summed E-state index contributed by atoms with van der Waals surface area (Å²) < 4.78 is 0. The maximum atomic E-state index is 11.9. The van der Waals surface area contributed by atoms with Crippen LogP contribution in [0.1, 0.15) is 77.7 Å². The molecule has 4 aliphatic rings. The van der Waals surface area contributed by atoms with E-state index in [1.807, 2.05) is 18.1 Å². The van der Waals surface area contributed by atoms with Gasteiger partial charge in [-0.3, -0.25) is 9.78 Å². The summed E-state index contributed by atoms with van der Waals surface area (Å²) in [5.41, 5.74) is 3.70. The average molecular weight is 407 g/mol. The second kappa shape index (κ2) is 7.21. The summed E-state index contributed by atoms with van der Waals surface area (Å²) in [6.07, 6.45) is 16.9. The fourth-order valence-corrected chi connectivity index (χ4v) is 8.38. The lowest BCUT2D eigenvalue weighted by Crippen LogP contribution is -2.55. The lowest BCUT2D eigenvalue weighted by Gasteiger charge is -2.61. The molecule has 5 rings (SSSR count). The van der Waals surface area contributed by atoms with Crippen LogP contribution in [-0.2, 0) is 4.79 Å². The van der Waals surface area contributed by atoms with Gasteiger partial charge in [0, 0.05) is 32.4 Å². The Bertz CT molecular complexity index is 848. The van der Waals surface area contributed by atoms with Gasteiger partial charge in [-0.2, -0.15) is 0 Å². The summed E-state index contributed by atoms with van der Waals surface area (Å²) in [7, 11) is 2.01. The average Bonchev–Trinajstić information content (AvgIpc) is 3.10. The molecule has 0 radical (unpaired) electrons. The van der Waals surface area contributed by atoms with E-state index in [4.69, 9.17) is 0 Å². The zero-order chi connectivity index (χ0) is 21.1. The fourth-order valence-electron chi connectivity index (χ4n) is 8.38. The molecule has 0 spiro atoms. The molecule has 0 aromatic carbocycles. The van der Waals surface area contributed by atoms with Crippen molar-refractivity contribution in [3.8, 4) is 0 Å². The monoisotopic (exact) mass is 406 g/mol. The molecule has 1 heterocycles. The van der Waals surface area contributed by atoms with Crippen LogP contribution in [-0.4, -0.2) is 28.9 Å². The number of amides is 1. The van der Waals surface area contributed by atoms with Crippen LogP contribution in [0.2, 0.25) is 0 Å². The highest BCUT2D eigenvalue weighted by atomic mass is 16.2. The van der Waals surface area contributed by atoms with E-state index in [1.54, 1.807) is 12.5 Å². The summed E-state index contributed by atoms with van der Waals surface area (Å²) in [5.74, 6) is 3.53. The molecular weight excluding hydrogens is 368 g/mol. The lowest BCUT2D eigenvalue weighted by atomic mass is 9.44. The van der Waals surface area contributed by atoms with E-state index in [9.17, 15) is 4.79 Å². The molecule has 30 heavy (non-hydrogen) atoms. The van der Waals surface area contributed by atoms with Gasteiger partial charge in [0.15, 0.2) is 0 Å². The standard InChI is InChI=1S/C27H38N2O/c1-18(30)29(4)21-11-13-26(2)20(16-21)7-8-22-24-10-9-23(19-6-5-15-28-17-19)27(24,3)14-12-25(22)26/h5-6,9,15,17,20-22,24-25H,7-8,10-14,16H2,1-4H3/t20?,21?,22?,24?,25?,26-,27+/m0/s1. The maximum absolute atomic E-state index is 11.9. The van der Waals surface area contributed by atoms with Gasteiger partial charge in [-0.1, -0.05) is 26.0 Å². The van der Waals surface area contributed by atoms with Gasteiger partial charge < -0.3 is 4.90 Å². The molecule has 162 valence electrons. The Balaban J connectivity index is 1.37. The molecule has 3 nitrogen and oxygen atoms in total. The van der Waals surface area contributed by atoms with E-state index in [-0.39, 0.29) is 5.91 Å². The number of carbonyl (C=O) groups is 1. The van der Waals surface area contributed by atoms with Crippen LogP contribution in [0, 0.1) is 34.5 Å². The quantitative estimate of drug-likeness (QED) is 0.607. The topological polar surface area (TPSA) is 33.2 Å². The third-order valence-corrected chi connectivity index (χ3v) is 10.2. The third kappa shape index (κ3) is 2.91. The fraction of sp³-hybridized carbons (Fsp3) is 0.704. The van der Waals surface area contributed by atoms with Gasteiger partial charge in [0.25, 0.3) is 0 Å². The highest BCUT2D eigenvalue weighted by Crippen LogP contribution is 2.67. The number of pyridine rings is 1. The largest absolute Gasteiger partial charge is 0.343 e. The van der Waals surface area contributed by atoms with Crippen molar-refractivity contribution in [2.24, 2.45) is 34.5 Å². The van der Waals surface area contributed by atoms with Crippen molar-refractivity contribution in [1.29, 1.82) is 0 Å². The maximum Gasteiger partial charge on any atom is 0.219 e. The van der Waals surface area contributed by atoms with Crippen molar-refractivity contribution >= 4 is 11.5 Å². The summed E-state index contributed by atoms with van der Waals surface area (Å²) in [5, 5.41) is 0. The number of nitrogens with zero attached hydrogens (tertiary/aromatic N) is 2. The van der Waals surface area contributed by atoms with Crippen LogP contribution in [0.5, 0.6) is 0 Å². The summed E-state index contributed by atoms with van der Waals surface area (Å²) in [6, 6.07) is 4.79. The SMILES string of the molecule is CC(=O)N(C)C1CC[C@@]2(C)C(CCC3C2CC[C@]2(C)C(c4cccnc4)=CCC32)C1. The molecule has 1 aromatic heterocycles. The first-order valence-electron chi connectivity index (χ1n) is 12.2. The molecule has 0 N–H and O–H groups in total. The van der Waals surface area contributed by atoms with Crippen LogP contribution in [0.25, 0.3) is 5.57 Å². The van der Waals surface area contributed by atoms with Crippen molar-refractivity contribution in [2.45, 2.75) is 78.2 Å². The first kappa shape index (κ1) is 20.3. The first-order valence-corrected chi connectivity index (χ1v) is 12.2. The smallest absolute Gasteiger partial charge is 0.219 e. The molecule has 0 saturated heterocycles. The van der Waals surface area contributed by atoms with E-state index >= 15 is 0 Å². The Morgan fingerprint density at radius 1 is 1.13 bits per heavy atom. The van der Waals surface area contributed by atoms with Crippen LogP contribution < -0.4 is 0 Å². The number of hydrogen-bond donors (Lipinski definition) is 0. The molecule has 7 atom stereocenters. The minimum Gasteiger partial charge on any atom is -0.343 e.